The van der Waals surface area contributed by atoms with Crippen LogP contribution in [-0.2, 0) is 0 Å². The molecule has 4 unspecified atom stereocenters. The second-order valence-electron chi connectivity index (χ2n) is 9.87. The van der Waals surface area contributed by atoms with Crippen molar-refractivity contribution >= 4 is 0 Å². The van der Waals surface area contributed by atoms with Crippen LogP contribution in [-0.4, -0.2) is 6.61 Å². The van der Waals surface area contributed by atoms with Gasteiger partial charge < -0.3 is 4.74 Å². The average molecular weight is 421 g/mol. The Balaban J connectivity index is 1.29. The van der Waals surface area contributed by atoms with Crippen molar-refractivity contribution in [1.82, 2.24) is 0 Å². The molecular formula is C26H35F3O. The van der Waals surface area contributed by atoms with Crippen LogP contribution in [0.1, 0.15) is 82.6 Å². The summed E-state index contributed by atoms with van der Waals surface area (Å²) >= 11 is 0. The Labute approximate surface area is 179 Å². The Morgan fingerprint density at radius 2 is 1.50 bits per heavy atom. The highest BCUT2D eigenvalue weighted by molar-refractivity contribution is 5.31. The minimum absolute atomic E-state index is 0.337. The van der Waals surface area contributed by atoms with E-state index in [-0.39, 0.29) is 5.75 Å². The van der Waals surface area contributed by atoms with E-state index in [0.29, 0.717) is 5.92 Å². The molecule has 0 N–H and O–H groups in total. The van der Waals surface area contributed by atoms with Crippen LogP contribution >= 0.6 is 0 Å². The molecule has 0 aromatic heterocycles. The monoisotopic (exact) mass is 420 g/mol. The van der Waals surface area contributed by atoms with Gasteiger partial charge in [-0.2, -0.15) is 8.78 Å². The molecule has 4 rings (SSSR count). The van der Waals surface area contributed by atoms with Crippen molar-refractivity contribution in [3.05, 3.63) is 41.7 Å². The SMILES string of the molecule is C/C=C/C1CCC2CC(C3CCC(c4ccc(OC(F)F)c(F)c4)CC3)CCC2C1. The molecule has 4 atom stereocenters. The maximum absolute atomic E-state index is 14.1. The summed E-state index contributed by atoms with van der Waals surface area (Å²) in [6.45, 7) is -0.853. The number of alkyl halides is 2. The average Bonchev–Trinajstić information content (AvgIpc) is 2.75. The minimum Gasteiger partial charge on any atom is -0.432 e. The molecule has 0 heterocycles. The first-order valence-corrected chi connectivity index (χ1v) is 11.9. The second kappa shape index (κ2) is 9.78. The van der Waals surface area contributed by atoms with Gasteiger partial charge in [-0.15, -0.1) is 0 Å². The highest BCUT2D eigenvalue weighted by Gasteiger charge is 2.38. The molecule has 0 amide bonds. The summed E-state index contributed by atoms with van der Waals surface area (Å²) in [6, 6.07) is 4.52. The molecule has 0 bridgehead atoms. The zero-order valence-corrected chi connectivity index (χ0v) is 18.0. The minimum atomic E-state index is -2.99. The predicted octanol–water partition coefficient (Wildman–Crippen LogP) is 8.11. The first kappa shape index (κ1) is 21.8. The molecule has 3 aliphatic rings. The van der Waals surface area contributed by atoms with Crippen LogP contribution in [0.5, 0.6) is 5.75 Å². The highest BCUT2D eigenvalue weighted by atomic mass is 19.3. The fraction of sp³-hybridized carbons (Fsp3) is 0.692. The van der Waals surface area contributed by atoms with E-state index in [2.05, 4.69) is 23.8 Å². The molecule has 3 fully saturated rings. The third-order valence-electron chi connectivity index (χ3n) is 8.24. The smallest absolute Gasteiger partial charge is 0.387 e. The molecule has 3 aliphatic carbocycles. The molecule has 3 saturated carbocycles. The van der Waals surface area contributed by atoms with Crippen LogP contribution in [0, 0.1) is 35.4 Å². The van der Waals surface area contributed by atoms with Gasteiger partial charge in [0.25, 0.3) is 0 Å². The predicted molar refractivity (Wildman–Crippen MR) is 114 cm³/mol. The maximum atomic E-state index is 14.1. The van der Waals surface area contributed by atoms with Crippen molar-refractivity contribution in [3.8, 4) is 5.75 Å². The van der Waals surface area contributed by atoms with Crippen molar-refractivity contribution < 1.29 is 17.9 Å². The Kier molecular flexibility index (Phi) is 7.10. The maximum Gasteiger partial charge on any atom is 0.387 e. The lowest BCUT2D eigenvalue weighted by Crippen LogP contribution is -2.34. The van der Waals surface area contributed by atoms with Crippen LogP contribution in [0.4, 0.5) is 13.2 Å². The lowest BCUT2D eigenvalue weighted by atomic mass is 9.61. The number of halogens is 3. The van der Waals surface area contributed by atoms with E-state index in [1.165, 1.54) is 63.5 Å². The molecule has 1 aromatic rings. The van der Waals surface area contributed by atoms with Gasteiger partial charge in [-0.05, 0) is 124 Å². The number of allylic oxidation sites excluding steroid dienone is 2. The molecule has 0 aliphatic heterocycles. The molecule has 1 aromatic carbocycles. The van der Waals surface area contributed by atoms with Crippen LogP contribution in [0.15, 0.2) is 30.4 Å². The van der Waals surface area contributed by atoms with Gasteiger partial charge in [-0.3, -0.25) is 0 Å². The lowest BCUT2D eigenvalue weighted by molar-refractivity contribution is -0.0522. The Bertz CT molecular complexity index is 723. The summed E-state index contributed by atoms with van der Waals surface area (Å²) in [4.78, 5) is 0. The summed E-state index contributed by atoms with van der Waals surface area (Å²) in [5.74, 6) is 3.64. The van der Waals surface area contributed by atoms with Crippen molar-refractivity contribution in [2.45, 2.75) is 83.7 Å². The van der Waals surface area contributed by atoms with Crippen LogP contribution in [0.2, 0.25) is 0 Å². The van der Waals surface area contributed by atoms with Crippen LogP contribution < -0.4 is 4.74 Å². The molecule has 0 saturated heterocycles. The van der Waals surface area contributed by atoms with E-state index in [4.69, 9.17) is 0 Å². The van der Waals surface area contributed by atoms with Crippen LogP contribution in [0.3, 0.4) is 0 Å². The lowest BCUT2D eigenvalue weighted by Gasteiger charge is -2.45. The van der Waals surface area contributed by atoms with E-state index in [1.807, 2.05) is 0 Å². The van der Waals surface area contributed by atoms with Gasteiger partial charge in [-0.1, -0.05) is 18.2 Å². The number of hydrogen-bond acceptors (Lipinski definition) is 1. The van der Waals surface area contributed by atoms with Gasteiger partial charge in [0.2, 0.25) is 0 Å². The Hall–Kier alpha value is -1.45. The zero-order valence-electron chi connectivity index (χ0n) is 18.0. The van der Waals surface area contributed by atoms with Crippen molar-refractivity contribution in [3.63, 3.8) is 0 Å². The molecule has 1 nitrogen and oxygen atoms in total. The van der Waals surface area contributed by atoms with Gasteiger partial charge in [0.05, 0.1) is 0 Å². The van der Waals surface area contributed by atoms with Crippen molar-refractivity contribution in [1.29, 1.82) is 0 Å². The molecular weight excluding hydrogens is 385 g/mol. The highest BCUT2D eigenvalue weighted by Crippen LogP contribution is 2.50. The van der Waals surface area contributed by atoms with Crippen molar-refractivity contribution in [2.24, 2.45) is 29.6 Å². The topological polar surface area (TPSA) is 9.23 Å². The van der Waals surface area contributed by atoms with Gasteiger partial charge in [0, 0.05) is 0 Å². The largest absolute Gasteiger partial charge is 0.432 e. The zero-order chi connectivity index (χ0) is 21.1. The summed E-state index contributed by atoms with van der Waals surface area (Å²) in [7, 11) is 0. The first-order chi connectivity index (χ1) is 14.5. The second-order valence-corrected chi connectivity index (χ2v) is 9.87. The Morgan fingerprint density at radius 3 is 2.17 bits per heavy atom. The summed E-state index contributed by atoms with van der Waals surface area (Å²) in [6.07, 6.45) is 17.6. The summed E-state index contributed by atoms with van der Waals surface area (Å²) < 4.78 is 43.0. The van der Waals surface area contributed by atoms with E-state index in [9.17, 15) is 13.2 Å². The first-order valence-electron chi connectivity index (χ1n) is 11.9. The Morgan fingerprint density at radius 1 is 0.867 bits per heavy atom. The number of ether oxygens (including phenoxy) is 1. The van der Waals surface area contributed by atoms with E-state index in [0.717, 1.165) is 48.0 Å². The molecule has 0 radical (unpaired) electrons. The fourth-order valence-corrected chi connectivity index (χ4v) is 6.72. The third kappa shape index (κ3) is 5.06. The molecule has 166 valence electrons. The van der Waals surface area contributed by atoms with Gasteiger partial charge in [-0.25, -0.2) is 4.39 Å². The number of fused-ring (bicyclic) bond motifs is 1. The fourth-order valence-electron chi connectivity index (χ4n) is 6.72. The van der Waals surface area contributed by atoms with E-state index < -0.39 is 12.4 Å². The number of benzene rings is 1. The number of rotatable bonds is 5. The number of hydrogen-bond donors (Lipinski definition) is 0. The standard InChI is InChI=1S/C26H35F3O/c1-2-3-17-4-5-22-15-21(11-10-20(22)14-17)18-6-8-19(9-7-18)23-12-13-25(24(27)16-23)30-26(28)29/h2-3,12-13,16-22,26H,4-11,14-15H2,1H3/b3-2+. The quantitative estimate of drug-likeness (QED) is 0.437. The van der Waals surface area contributed by atoms with Gasteiger partial charge >= 0.3 is 6.61 Å². The summed E-state index contributed by atoms with van der Waals surface area (Å²) in [5.41, 5.74) is 0.929. The molecule has 30 heavy (non-hydrogen) atoms. The molecule has 4 heteroatoms. The van der Waals surface area contributed by atoms with Crippen LogP contribution in [0.25, 0.3) is 0 Å². The van der Waals surface area contributed by atoms with Gasteiger partial charge in [0.15, 0.2) is 11.6 Å². The van der Waals surface area contributed by atoms with Crippen molar-refractivity contribution in [2.75, 3.05) is 0 Å². The summed E-state index contributed by atoms with van der Waals surface area (Å²) in [5, 5.41) is 0. The third-order valence-corrected chi connectivity index (χ3v) is 8.24. The van der Waals surface area contributed by atoms with Gasteiger partial charge in [0.1, 0.15) is 0 Å². The van der Waals surface area contributed by atoms with E-state index in [1.54, 1.807) is 6.07 Å². The van der Waals surface area contributed by atoms with E-state index >= 15 is 0 Å². The molecule has 0 spiro atoms. The normalized spacial score (nSPS) is 34.8.